The Bertz CT molecular complexity index is 606. The zero-order valence-corrected chi connectivity index (χ0v) is 15.2. The van der Waals surface area contributed by atoms with E-state index in [0.717, 1.165) is 75.6 Å². The first-order chi connectivity index (χ1) is 12.3. The molecule has 2 heterocycles. The molecule has 1 saturated carbocycles. The number of hydrogen-bond donors (Lipinski definition) is 0. The topological polar surface area (TPSA) is 12.5 Å². The van der Waals surface area contributed by atoms with E-state index in [1.807, 2.05) is 6.07 Å². The van der Waals surface area contributed by atoms with Crippen molar-refractivity contribution < 1.29 is 9.13 Å². The van der Waals surface area contributed by atoms with Crippen molar-refractivity contribution in [2.24, 2.45) is 5.92 Å². The summed E-state index contributed by atoms with van der Waals surface area (Å²) >= 11 is 0. The Kier molecular flexibility index (Phi) is 5.52. The molecule has 25 heavy (non-hydrogen) atoms. The number of nitrogens with zero attached hydrogens (tertiary/aromatic N) is 1. The largest absolute Gasteiger partial charge is 0.381 e. The Morgan fingerprint density at radius 1 is 1.08 bits per heavy atom. The molecule has 0 amide bonds. The zero-order chi connectivity index (χ0) is 17.1. The normalized spacial score (nSPS) is 23.5. The van der Waals surface area contributed by atoms with Gasteiger partial charge in [0.25, 0.3) is 0 Å². The lowest BCUT2D eigenvalue weighted by Gasteiger charge is -2.40. The molecule has 2 aliphatic heterocycles. The molecule has 0 atom stereocenters. The molecule has 1 aromatic rings. The fourth-order valence-electron chi connectivity index (χ4n) is 4.39. The van der Waals surface area contributed by atoms with E-state index in [2.05, 4.69) is 17.0 Å². The van der Waals surface area contributed by atoms with Gasteiger partial charge in [-0.05, 0) is 62.5 Å². The monoisotopic (exact) mass is 343 g/mol. The molecule has 136 valence electrons. The summed E-state index contributed by atoms with van der Waals surface area (Å²) in [6.45, 7) is 4.02. The van der Waals surface area contributed by atoms with E-state index in [0.29, 0.717) is 5.92 Å². The minimum absolute atomic E-state index is 0.0570. The number of hydrogen-bond acceptors (Lipinski definition) is 2. The summed E-state index contributed by atoms with van der Waals surface area (Å²) in [6, 6.07) is 6.69. The van der Waals surface area contributed by atoms with Crippen molar-refractivity contribution in [2.75, 3.05) is 26.3 Å². The van der Waals surface area contributed by atoms with E-state index in [-0.39, 0.29) is 5.82 Å². The first-order valence-electron chi connectivity index (χ1n) is 10.1. The van der Waals surface area contributed by atoms with E-state index >= 15 is 0 Å². The number of ether oxygens (including phenoxy) is 1. The van der Waals surface area contributed by atoms with Gasteiger partial charge in [0, 0.05) is 37.9 Å². The molecule has 0 spiro atoms. The summed E-state index contributed by atoms with van der Waals surface area (Å²) in [5.41, 5.74) is 3.31. The summed E-state index contributed by atoms with van der Waals surface area (Å²) in [7, 11) is 0. The van der Waals surface area contributed by atoms with Crippen LogP contribution in [0.1, 0.15) is 56.1 Å². The third kappa shape index (κ3) is 4.32. The van der Waals surface area contributed by atoms with Crippen LogP contribution >= 0.6 is 0 Å². The maximum absolute atomic E-state index is 14.5. The van der Waals surface area contributed by atoms with Crippen molar-refractivity contribution >= 4 is 6.08 Å². The minimum atomic E-state index is -0.0570. The van der Waals surface area contributed by atoms with Crippen LogP contribution < -0.4 is 0 Å². The van der Waals surface area contributed by atoms with E-state index < -0.39 is 0 Å². The van der Waals surface area contributed by atoms with Gasteiger partial charge in [-0.25, -0.2) is 4.39 Å². The second kappa shape index (κ2) is 8.01. The molecule has 0 radical (unpaired) electrons. The van der Waals surface area contributed by atoms with Gasteiger partial charge in [-0.1, -0.05) is 30.2 Å². The first kappa shape index (κ1) is 17.2. The second-order valence-electron chi connectivity index (χ2n) is 8.04. The number of likely N-dealkylation sites (tertiary alicyclic amines) is 1. The standard InChI is InChI=1S/C22H30FNO/c23-22-16-19(14-18-8-12-25-13-9-18)4-5-20(22)15-17-6-10-24(11-7-17)21-2-1-3-21/h4-5,15-16,18,21H,1-3,6-14H2. The molecule has 3 aliphatic rings. The van der Waals surface area contributed by atoms with Crippen LogP contribution in [0.2, 0.25) is 0 Å². The lowest BCUT2D eigenvalue weighted by Crippen LogP contribution is -2.43. The van der Waals surface area contributed by atoms with Crippen LogP contribution in [0.3, 0.4) is 0 Å². The van der Waals surface area contributed by atoms with Gasteiger partial charge in [-0.2, -0.15) is 0 Å². The molecule has 0 N–H and O–H groups in total. The Labute approximate surface area is 151 Å². The second-order valence-corrected chi connectivity index (χ2v) is 8.04. The van der Waals surface area contributed by atoms with E-state index in [4.69, 9.17) is 4.74 Å². The SMILES string of the molecule is Fc1cc(CC2CCOCC2)ccc1C=C1CCN(C2CCC2)CC1. The van der Waals surface area contributed by atoms with Crippen LogP contribution in [-0.4, -0.2) is 37.2 Å². The van der Waals surface area contributed by atoms with Gasteiger partial charge in [-0.3, -0.25) is 4.90 Å². The molecule has 3 fully saturated rings. The van der Waals surface area contributed by atoms with E-state index in [9.17, 15) is 4.39 Å². The molecule has 3 heteroatoms. The fraction of sp³-hybridized carbons (Fsp3) is 0.636. The number of halogens is 1. The van der Waals surface area contributed by atoms with E-state index in [1.54, 1.807) is 6.07 Å². The summed E-state index contributed by atoms with van der Waals surface area (Å²) in [5, 5.41) is 0. The van der Waals surface area contributed by atoms with Crippen molar-refractivity contribution in [1.82, 2.24) is 4.90 Å². The van der Waals surface area contributed by atoms with Gasteiger partial charge < -0.3 is 4.74 Å². The quantitative estimate of drug-likeness (QED) is 0.777. The van der Waals surface area contributed by atoms with Crippen LogP contribution in [0, 0.1) is 11.7 Å². The molecule has 1 aliphatic carbocycles. The van der Waals surface area contributed by atoms with Crippen molar-refractivity contribution in [3.63, 3.8) is 0 Å². The molecule has 4 rings (SSSR count). The van der Waals surface area contributed by atoms with Crippen molar-refractivity contribution in [3.8, 4) is 0 Å². The van der Waals surface area contributed by atoms with Gasteiger partial charge in [0.15, 0.2) is 0 Å². The predicted molar refractivity (Wildman–Crippen MR) is 100 cm³/mol. The van der Waals surface area contributed by atoms with E-state index in [1.165, 1.54) is 24.8 Å². The predicted octanol–water partition coefficient (Wildman–Crippen LogP) is 4.83. The first-order valence-corrected chi connectivity index (χ1v) is 10.1. The highest BCUT2D eigenvalue weighted by atomic mass is 19.1. The van der Waals surface area contributed by atoms with Gasteiger partial charge in [0.05, 0.1) is 0 Å². The Morgan fingerprint density at radius 2 is 1.84 bits per heavy atom. The third-order valence-corrected chi connectivity index (χ3v) is 6.32. The molecule has 0 bridgehead atoms. The number of rotatable bonds is 4. The Morgan fingerprint density at radius 3 is 2.48 bits per heavy atom. The average Bonchev–Trinajstić information content (AvgIpc) is 2.58. The molecule has 0 unspecified atom stereocenters. The molecular weight excluding hydrogens is 313 g/mol. The lowest BCUT2D eigenvalue weighted by molar-refractivity contribution is 0.0665. The van der Waals surface area contributed by atoms with Gasteiger partial charge in [0.1, 0.15) is 5.82 Å². The van der Waals surface area contributed by atoms with Crippen molar-refractivity contribution in [3.05, 3.63) is 40.7 Å². The van der Waals surface area contributed by atoms with Crippen molar-refractivity contribution in [2.45, 2.75) is 57.4 Å². The van der Waals surface area contributed by atoms with Crippen LogP contribution in [-0.2, 0) is 11.2 Å². The summed E-state index contributed by atoms with van der Waals surface area (Å²) in [5.74, 6) is 0.590. The molecular formula is C22H30FNO. The molecule has 2 nitrogen and oxygen atoms in total. The summed E-state index contributed by atoms with van der Waals surface area (Å²) in [4.78, 5) is 2.63. The molecule has 1 aromatic carbocycles. The number of piperidine rings is 1. The Balaban J connectivity index is 1.35. The van der Waals surface area contributed by atoms with Gasteiger partial charge in [-0.15, -0.1) is 0 Å². The summed E-state index contributed by atoms with van der Waals surface area (Å²) in [6.07, 6.45) is 11.6. The van der Waals surface area contributed by atoms with Crippen LogP contribution in [0.15, 0.2) is 23.8 Å². The zero-order valence-electron chi connectivity index (χ0n) is 15.2. The fourth-order valence-corrected chi connectivity index (χ4v) is 4.39. The van der Waals surface area contributed by atoms with Crippen LogP contribution in [0.25, 0.3) is 6.08 Å². The highest BCUT2D eigenvalue weighted by molar-refractivity contribution is 5.54. The van der Waals surface area contributed by atoms with Crippen LogP contribution in [0.5, 0.6) is 0 Å². The van der Waals surface area contributed by atoms with Crippen molar-refractivity contribution in [1.29, 1.82) is 0 Å². The minimum Gasteiger partial charge on any atom is -0.381 e. The maximum Gasteiger partial charge on any atom is 0.130 e. The smallest absolute Gasteiger partial charge is 0.130 e. The average molecular weight is 343 g/mol. The van der Waals surface area contributed by atoms with Crippen LogP contribution in [0.4, 0.5) is 4.39 Å². The lowest BCUT2D eigenvalue weighted by atomic mass is 9.89. The summed E-state index contributed by atoms with van der Waals surface area (Å²) < 4.78 is 20.0. The molecule has 0 aromatic heterocycles. The Hall–Kier alpha value is -1.19. The third-order valence-electron chi connectivity index (χ3n) is 6.32. The highest BCUT2D eigenvalue weighted by Crippen LogP contribution is 2.30. The molecule has 2 saturated heterocycles. The van der Waals surface area contributed by atoms with Gasteiger partial charge in [0.2, 0.25) is 0 Å². The maximum atomic E-state index is 14.5. The highest BCUT2D eigenvalue weighted by Gasteiger charge is 2.26. The van der Waals surface area contributed by atoms with Gasteiger partial charge >= 0.3 is 0 Å². The number of benzene rings is 1.